The molecule has 1 aliphatic rings. The summed E-state index contributed by atoms with van der Waals surface area (Å²) in [5, 5.41) is 3.60. The van der Waals surface area contributed by atoms with Crippen molar-refractivity contribution in [3.05, 3.63) is 0 Å². The van der Waals surface area contributed by atoms with Crippen molar-refractivity contribution in [1.29, 1.82) is 0 Å². The SMILES string of the molecule is CCCC(CCC)CC1CCCN1. The second-order valence-corrected chi connectivity index (χ2v) is 4.47. The van der Waals surface area contributed by atoms with Gasteiger partial charge in [0.2, 0.25) is 0 Å². The molecule has 1 heterocycles. The van der Waals surface area contributed by atoms with Crippen LogP contribution in [0.4, 0.5) is 0 Å². The van der Waals surface area contributed by atoms with Gasteiger partial charge in [0.05, 0.1) is 0 Å². The molecule has 0 bridgehead atoms. The molecule has 0 aliphatic carbocycles. The summed E-state index contributed by atoms with van der Waals surface area (Å²) in [6.07, 6.45) is 9.84. The second-order valence-electron chi connectivity index (χ2n) is 4.47. The van der Waals surface area contributed by atoms with Gasteiger partial charge in [0.25, 0.3) is 0 Å². The molecule has 1 unspecified atom stereocenters. The molecule has 0 amide bonds. The fourth-order valence-electron chi connectivity index (χ4n) is 2.56. The van der Waals surface area contributed by atoms with Gasteiger partial charge in [0.15, 0.2) is 0 Å². The maximum atomic E-state index is 3.60. The van der Waals surface area contributed by atoms with Gasteiger partial charge in [-0.05, 0) is 31.7 Å². The number of nitrogens with one attached hydrogen (secondary N) is 1. The topological polar surface area (TPSA) is 12.0 Å². The predicted octanol–water partition coefficient (Wildman–Crippen LogP) is 3.34. The third-order valence-electron chi connectivity index (χ3n) is 3.17. The van der Waals surface area contributed by atoms with E-state index >= 15 is 0 Å². The quantitative estimate of drug-likeness (QED) is 0.666. The Kier molecular flexibility index (Phi) is 5.45. The highest BCUT2D eigenvalue weighted by Crippen LogP contribution is 2.22. The van der Waals surface area contributed by atoms with Crippen LogP contribution >= 0.6 is 0 Å². The van der Waals surface area contributed by atoms with Crippen molar-refractivity contribution in [2.45, 2.75) is 64.8 Å². The van der Waals surface area contributed by atoms with E-state index in [4.69, 9.17) is 0 Å². The molecule has 1 N–H and O–H groups in total. The summed E-state index contributed by atoms with van der Waals surface area (Å²) in [5.74, 6) is 0.991. The highest BCUT2D eigenvalue weighted by Gasteiger charge is 2.18. The lowest BCUT2D eigenvalue weighted by Crippen LogP contribution is -2.24. The molecular weight excluding hydrogens is 158 g/mol. The van der Waals surface area contributed by atoms with E-state index in [-0.39, 0.29) is 0 Å². The van der Waals surface area contributed by atoms with E-state index in [0.717, 1.165) is 12.0 Å². The van der Waals surface area contributed by atoms with Gasteiger partial charge in [-0.25, -0.2) is 0 Å². The molecule has 0 aromatic rings. The first-order valence-electron chi connectivity index (χ1n) is 6.10. The number of hydrogen-bond donors (Lipinski definition) is 1. The van der Waals surface area contributed by atoms with Gasteiger partial charge < -0.3 is 5.32 Å². The van der Waals surface area contributed by atoms with E-state index in [9.17, 15) is 0 Å². The summed E-state index contributed by atoms with van der Waals surface area (Å²) in [5.41, 5.74) is 0. The largest absolute Gasteiger partial charge is 0.314 e. The van der Waals surface area contributed by atoms with Gasteiger partial charge in [0.1, 0.15) is 0 Å². The highest BCUT2D eigenvalue weighted by molar-refractivity contribution is 4.77. The minimum atomic E-state index is 0.850. The Morgan fingerprint density at radius 1 is 1.23 bits per heavy atom. The monoisotopic (exact) mass is 183 g/mol. The first kappa shape index (κ1) is 11.0. The number of hydrogen-bond acceptors (Lipinski definition) is 1. The molecule has 0 saturated carbocycles. The molecule has 1 fully saturated rings. The Hall–Kier alpha value is -0.0400. The average molecular weight is 183 g/mol. The molecule has 0 aromatic carbocycles. The molecule has 1 saturated heterocycles. The predicted molar refractivity (Wildman–Crippen MR) is 58.9 cm³/mol. The molecule has 0 spiro atoms. The molecule has 1 atom stereocenters. The molecule has 13 heavy (non-hydrogen) atoms. The van der Waals surface area contributed by atoms with Crippen LogP contribution in [-0.4, -0.2) is 12.6 Å². The molecule has 1 nitrogen and oxygen atoms in total. The van der Waals surface area contributed by atoms with E-state index < -0.39 is 0 Å². The Balaban J connectivity index is 2.19. The lowest BCUT2D eigenvalue weighted by molar-refractivity contribution is 0.361. The third kappa shape index (κ3) is 4.12. The van der Waals surface area contributed by atoms with Crippen LogP contribution in [0.25, 0.3) is 0 Å². The van der Waals surface area contributed by atoms with Crippen molar-refractivity contribution in [1.82, 2.24) is 5.32 Å². The molecule has 1 aliphatic heterocycles. The Labute approximate surface area is 83.3 Å². The van der Waals surface area contributed by atoms with Crippen molar-refractivity contribution in [2.24, 2.45) is 5.92 Å². The summed E-state index contributed by atoms with van der Waals surface area (Å²) >= 11 is 0. The van der Waals surface area contributed by atoms with Crippen LogP contribution in [-0.2, 0) is 0 Å². The Morgan fingerprint density at radius 2 is 1.92 bits per heavy atom. The number of rotatable bonds is 6. The van der Waals surface area contributed by atoms with Crippen LogP contribution in [0.3, 0.4) is 0 Å². The maximum Gasteiger partial charge on any atom is 0.00701 e. The molecule has 0 aromatic heterocycles. The maximum absolute atomic E-state index is 3.60. The van der Waals surface area contributed by atoms with Gasteiger partial charge in [-0.3, -0.25) is 0 Å². The van der Waals surface area contributed by atoms with E-state index in [1.54, 1.807) is 0 Å². The van der Waals surface area contributed by atoms with Crippen LogP contribution in [0.1, 0.15) is 58.8 Å². The van der Waals surface area contributed by atoms with Crippen LogP contribution in [0.15, 0.2) is 0 Å². The first-order valence-corrected chi connectivity index (χ1v) is 6.10. The normalized spacial score (nSPS) is 22.8. The van der Waals surface area contributed by atoms with E-state index in [0.29, 0.717) is 0 Å². The summed E-state index contributed by atoms with van der Waals surface area (Å²) in [4.78, 5) is 0. The fourth-order valence-corrected chi connectivity index (χ4v) is 2.56. The fraction of sp³-hybridized carbons (Fsp3) is 1.00. The van der Waals surface area contributed by atoms with Gasteiger partial charge in [-0.2, -0.15) is 0 Å². The summed E-state index contributed by atoms with van der Waals surface area (Å²) in [6, 6.07) is 0.850. The zero-order valence-corrected chi connectivity index (χ0v) is 9.31. The third-order valence-corrected chi connectivity index (χ3v) is 3.17. The summed E-state index contributed by atoms with van der Waals surface area (Å²) in [6.45, 7) is 5.88. The van der Waals surface area contributed by atoms with Crippen molar-refractivity contribution in [3.63, 3.8) is 0 Å². The lowest BCUT2D eigenvalue weighted by atomic mass is 9.91. The Morgan fingerprint density at radius 3 is 2.38 bits per heavy atom. The van der Waals surface area contributed by atoms with Gasteiger partial charge in [-0.15, -0.1) is 0 Å². The summed E-state index contributed by atoms with van der Waals surface area (Å²) < 4.78 is 0. The van der Waals surface area contributed by atoms with Gasteiger partial charge >= 0.3 is 0 Å². The van der Waals surface area contributed by atoms with Crippen LogP contribution < -0.4 is 5.32 Å². The van der Waals surface area contributed by atoms with Gasteiger partial charge in [0, 0.05) is 6.04 Å². The van der Waals surface area contributed by atoms with Crippen molar-refractivity contribution >= 4 is 0 Å². The molecule has 1 rings (SSSR count). The zero-order valence-electron chi connectivity index (χ0n) is 9.31. The van der Waals surface area contributed by atoms with Crippen molar-refractivity contribution in [3.8, 4) is 0 Å². The lowest BCUT2D eigenvalue weighted by Gasteiger charge is -2.19. The zero-order chi connectivity index (χ0) is 9.52. The average Bonchev–Trinajstić information content (AvgIpc) is 2.58. The van der Waals surface area contributed by atoms with Crippen LogP contribution in [0.5, 0.6) is 0 Å². The highest BCUT2D eigenvalue weighted by atomic mass is 14.9. The first-order chi connectivity index (χ1) is 6.36. The van der Waals surface area contributed by atoms with Crippen LogP contribution in [0.2, 0.25) is 0 Å². The molecule has 1 heteroatoms. The Bertz CT molecular complexity index is 110. The standard InChI is InChI=1S/C12H25N/c1-3-6-11(7-4-2)10-12-8-5-9-13-12/h11-13H,3-10H2,1-2H3. The summed E-state index contributed by atoms with van der Waals surface area (Å²) in [7, 11) is 0. The minimum absolute atomic E-state index is 0.850. The molecular formula is C12H25N. The van der Waals surface area contributed by atoms with Crippen molar-refractivity contribution in [2.75, 3.05) is 6.54 Å². The van der Waals surface area contributed by atoms with E-state index in [1.807, 2.05) is 0 Å². The second kappa shape index (κ2) is 6.42. The van der Waals surface area contributed by atoms with Crippen LogP contribution in [0, 0.1) is 5.92 Å². The molecule has 78 valence electrons. The van der Waals surface area contributed by atoms with Crippen molar-refractivity contribution < 1.29 is 0 Å². The van der Waals surface area contributed by atoms with E-state index in [1.165, 1.54) is 51.5 Å². The smallest absolute Gasteiger partial charge is 0.00701 e. The molecule has 0 radical (unpaired) electrons. The van der Waals surface area contributed by atoms with Gasteiger partial charge in [-0.1, -0.05) is 39.5 Å². The minimum Gasteiger partial charge on any atom is -0.314 e. The van der Waals surface area contributed by atoms with E-state index in [2.05, 4.69) is 19.2 Å².